The van der Waals surface area contributed by atoms with Crippen LogP contribution in [0.4, 0.5) is 13.2 Å². The molecule has 0 radical (unpaired) electrons. The summed E-state index contributed by atoms with van der Waals surface area (Å²) in [7, 11) is 0. The summed E-state index contributed by atoms with van der Waals surface area (Å²) in [6.07, 6.45) is 1.70. The summed E-state index contributed by atoms with van der Waals surface area (Å²) in [4.78, 5) is 1.51. The second-order valence-corrected chi connectivity index (χ2v) is 6.05. The number of fused-ring (bicyclic) bond motifs is 2. The lowest BCUT2D eigenvalue weighted by Gasteiger charge is -2.35. The minimum Gasteiger partial charge on any atom is -0.373 e. The molecule has 2 bridgehead atoms. The average molecular weight is 278 g/mol. The van der Waals surface area contributed by atoms with Gasteiger partial charge in [0, 0.05) is 12.1 Å². The van der Waals surface area contributed by atoms with Gasteiger partial charge in [0.25, 0.3) is 0 Å². The highest BCUT2D eigenvalue weighted by atomic mass is 19.4. The third kappa shape index (κ3) is 3.41. The average Bonchev–Trinajstić information content (AvgIpc) is 2.92. The molecule has 3 nitrogen and oxygen atoms in total. The smallest absolute Gasteiger partial charge is 0.373 e. The highest BCUT2D eigenvalue weighted by Gasteiger charge is 2.41. The summed E-state index contributed by atoms with van der Waals surface area (Å²) in [6.45, 7) is 0.314. The van der Waals surface area contributed by atoms with Crippen molar-refractivity contribution in [1.29, 1.82) is 0 Å². The second-order valence-electron chi connectivity index (χ2n) is 6.05. The monoisotopic (exact) mass is 278 g/mol. The van der Waals surface area contributed by atoms with Gasteiger partial charge in [0.2, 0.25) is 0 Å². The quantitative estimate of drug-likeness (QED) is 0.853. The molecule has 0 aromatic carbocycles. The number of halogens is 3. The van der Waals surface area contributed by atoms with Crippen molar-refractivity contribution in [2.75, 3.05) is 19.6 Å². The van der Waals surface area contributed by atoms with Crippen LogP contribution in [-0.4, -0.2) is 55.0 Å². The van der Waals surface area contributed by atoms with Gasteiger partial charge < -0.3 is 10.1 Å². The van der Waals surface area contributed by atoms with Crippen LogP contribution in [-0.2, 0) is 4.74 Å². The maximum atomic E-state index is 12.3. The highest BCUT2D eigenvalue weighted by Crippen LogP contribution is 2.35. The minimum atomic E-state index is -4.07. The molecule has 0 aromatic heterocycles. The van der Waals surface area contributed by atoms with Crippen molar-refractivity contribution in [2.45, 2.75) is 62.6 Å². The van der Waals surface area contributed by atoms with Crippen molar-refractivity contribution in [3.8, 4) is 0 Å². The Labute approximate surface area is 111 Å². The maximum absolute atomic E-state index is 12.3. The van der Waals surface area contributed by atoms with E-state index in [9.17, 15) is 13.2 Å². The van der Waals surface area contributed by atoms with Gasteiger partial charge in [-0.25, -0.2) is 0 Å². The van der Waals surface area contributed by atoms with Crippen molar-refractivity contribution in [1.82, 2.24) is 10.2 Å². The van der Waals surface area contributed by atoms with Crippen molar-refractivity contribution in [2.24, 2.45) is 0 Å². The topological polar surface area (TPSA) is 24.5 Å². The summed E-state index contributed by atoms with van der Waals surface area (Å²) in [5.74, 6) is 0. The molecule has 6 heteroatoms. The molecule has 110 valence electrons. The molecule has 0 saturated carbocycles. The minimum absolute atomic E-state index is 0.346. The second kappa shape index (κ2) is 5.22. The van der Waals surface area contributed by atoms with Crippen molar-refractivity contribution < 1.29 is 17.9 Å². The number of piperidine rings is 1. The number of ether oxygens (including phenoxy) is 1. The zero-order valence-electron chi connectivity index (χ0n) is 11.0. The Bertz CT molecular complexity index is 316. The molecule has 3 aliphatic heterocycles. The molecule has 3 heterocycles. The van der Waals surface area contributed by atoms with Crippen molar-refractivity contribution >= 4 is 0 Å². The fourth-order valence-corrected chi connectivity index (χ4v) is 3.63. The standard InChI is InChI=1S/C13H21F3N2O/c14-13(15,16)8-18-5-3-9(4-6-18)17-11-7-10-1-2-12(11)19-10/h9-12,17H,1-8H2. The summed E-state index contributed by atoms with van der Waals surface area (Å²) >= 11 is 0. The van der Waals surface area contributed by atoms with Gasteiger partial charge >= 0.3 is 6.18 Å². The molecule has 3 aliphatic rings. The van der Waals surface area contributed by atoms with Gasteiger partial charge in [0.05, 0.1) is 18.8 Å². The first kappa shape index (κ1) is 13.6. The zero-order chi connectivity index (χ0) is 13.5. The van der Waals surface area contributed by atoms with Gasteiger partial charge in [-0.15, -0.1) is 0 Å². The van der Waals surface area contributed by atoms with Crippen LogP contribution in [0, 0.1) is 0 Å². The van der Waals surface area contributed by atoms with Crippen LogP contribution < -0.4 is 5.32 Å². The molecule has 3 atom stereocenters. The molecule has 3 unspecified atom stereocenters. The van der Waals surface area contributed by atoms with Crippen LogP contribution >= 0.6 is 0 Å². The zero-order valence-corrected chi connectivity index (χ0v) is 11.0. The van der Waals surface area contributed by atoms with Gasteiger partial charge in [-0.05, 0) is 45.2 Å². The van der Waals surface area contributed by atoms with E-state index in [0.717, 1.165) is 25.7 Å². The van der Waals surface area contributed by atoms with Crippen LogP contribution in [0.15, 0.2) is 0 Å². The molecule has 0 spiro atoms. The molecule has 3 rings (SSSR count). The van der Waals surface area contributed by atoms with Gasteiger partial charge in [0.1, 0.15) is 0 Å². The first-order valence-corrected chi connectivity index (χ1v) is 7.20. The third-order valence-corrected chi connectivity index (χ3v) is 4.55. The van der Waals surface area contributed by atoms with Crippen LogP contribution in [0.5, 0.6) is 0 Å². The molecule has 19 heavy (non-hydrogen) atoms. The van der Waals surface area contributed by atoms with Crippen molar-refractivity contribution in [3.05, 3.63) is 0 Å². The molecular weight excluding hydrogens is 257 g/mol. The Morgan fingerprint density at radius 2 is 1.84 bits per heavy atom. The number of hydrogen-bond acceptors (Lipinski definition) is 3. The normalized spacial score (nSPS) is 37.1. The van der Waals surface area contributed by atoms with Gasteiger partial charge in [0.15, 0.2) is 0 Å². The molecule has 0 amide bonds. The van der Waals surface area contributed by atoms with Crippen LogP contribution in [0.25, 0.3) is 0 Å². The number of likely N-dealkylation sites (tertiary alicyclic amines) is 1. The van der Waals surface area contributed by atoms with E-state index >= 15 is 0 Å². The number of hydrogen-bond donors (Lipinski definition) is 1. The van der Waals surface area contributed by atoms with Gasteiger partial charge in [-0.3, -0.25) is 4.90 Å². The lowest BCUT2D eigenvalue weighted by Crippen LogP contribution is -2.50. The third-order valence-electron chi connectivity index (χ3n) is 4.55. The maximum Gasteiger partial charge on any atom is 0.401 e. The summed E-state index contributed by atoms with van der Waals surface area (Å²) in [5.41, 5.74) is 0. The summed E-state index contributed by atoms with van der Waals surface area (Å²) in [5, 5.41) is 3.60. The molecule has 1 N–H and O–H groups in total. The van der Waals surface area contributed by atoms with Crippen LogP contribution in [0.2, 0.25) is 0 Å². The lowest BCUT2D eigenvalue weighted by molar-refractivity contribution is -0.148. The van der Waals surface area contributed by atoms with Gasteiger partial charge in [-0.1, -0.05) is 0 Å². The van der Waals surface area contributed by atoms with E-state index in [0.29, 0.717) is 37.4 Å². The molecule has 0 aromatic rings. The van der Waals surface area contributed by atoms with E-state index < -0.39 is 12.7 Å². The molecular formula is C13H21F3N2O. The first-order valence-electron chi connectivity index (χ1n) is 7.20. The predicted octanol–water partition coefficient (Wildman–Crippen LogP) is 1.92. The number of nitrogens with one attached hydrogen (secondary N) is 1. The molecule has 0 aliphatic carbocycles. The Hall–Kier alpha value is -0.330. The van der Waals surface area contributed by atoms with Crippen molar-refractivity contribution in [3.63, 3.8) is 0 Å². The SMILES string of the molecule is FC(F)(F)CN1CCC(NC2CC3CCC2O3)CC1. The summed E-state index contributed by atoms with van der Waals surface area (Å²) < 4.78 is 42.7. The first-order chi connectivity index (χ1) is 8.99. The predicted molar refractivity (Wildman–Crippen MR) is 65.0 cm³/mol. The number of nitrogens with zero attached hydrogens (tertiary/aromatic N) is 1. The number of rotatable bonds is 3. The highest BCUT2D eigenvalue weighted by molar-refractivity contribution is 4.96. The lowest BCUT2D eigenvalue weighted by atomic mass is 9.93. The molecule has 3 fully saturated rings. The van der Waals surface area contributed by atoms with E-state index in [2.05, 4.69) is 5.32 Å². The van der Waals surface area contributed by atoms with Crippen LogP contribution in [0.3, 0.4) is 0 Å². The Balaban J connectivity index is 1.41. The fraction of sp³-hybridized carbons (Fsp3) is 1.00. The van der Waals surface area contributed by atoms with E-state index in [1.165, 1.54) is 11.3 Å². The van der Waals surface area contributed by atoms with Gasteiger partial charge in [-0.2, -0.15) is 13.2 Å². The van der Waals surface area contributed by atoms with E-state index in [1.54, 1.807) is 0 Å². The largest absolute Gasteiger partial charge is 0.401 e. The van der Waals surface area contributed by atoms with E-state index in [-0.39, 0.29) is 0 Å². The Kier molecular flexibility index (Phi) is 3.75. The summed E-state index contributed by atoms with van der Waals surface area (Å²) in [6, 6.07) is 0.787. The van der Waals surface area contributed by atoms with E-state index in [1.807, 2.05) is 0 Å². The Morgan fingerprint density at radius 1 is 1.11 bits per heavy atom. The number of alkyl halides is 3. The van der Waals surface area contributed by atoms with E-state index in [4.69, 9.17) is 4.74 Å². The Morgan fingerprint density at radius 3 is 2.37 bits per heavy atom. The molecule has 3 saturated heterocycles. The van der Waals surface area contributed by atoms with Crippen LogP contribution in [0.1, 0.15) is 32.1 Å². The fourth-order valence-electron chi connectivity index (χ4n) is 3.63.